The molecule has 106 valence electrons. The molecule has 5 nitrogen and oxygen atoms in total. The fraction of sp³-hybridized carbons (Fsp3) is 0.429. The Balaban J connectivity index is 1.66. The van der Waals surface area contributed by atoms with Crippen molar-refractivity contribution < 1.29 is 4.42 Å². The van der Waals surface area contributed by atoms with Crippen LogP contribution in [0.3, 0.4) is 0 Å². The second kappa shape index (κ2) is 5.81. The zero-order valence-electron chi connectivity index (χ0n) is 11.3. The number of hydrogen-bond donors (Lipinski definition) is 1. The molecule has 1 N–H and O–H groups in total. The first-order chi connectivity index (χ1) is 9.70. The zero-order valence-corrected chi connectivity index (χ0v) is 12.1. The van der Waals surface area contributed by atoms with E-state index in [9.17, 15) is 0 Å². The Labute approximate surface area is 122 Å². The molecule has 0 aliphatic carbocycles. The molecule has 1 aromatic heterocycles. The summed E-state index contributed by atoms with van der Waals surface area (Å²) in [6.45, 7) is 2.15. The molecule has 1 fully saturated rings. The molecule has 0 amide bonds. The minimum atomic E-state index is 0.375. The number of piperidine rings is 1. The lowest BCUT2D eigenvalue weighted by molar-refractivity contribution is 0.238. The van der Waals surface area contributed by atoms with Gasteiger partial charge in [0.15, 0.2) is 0 Å². The SMILES string of the molecule is CN1CCC(c2nnc(Nc3ccc(Cl)cc3)o2)CC1. The van der Waals surface area contributed by atoms with Gasteiger partial charge in [-0.3, -0.25) is 0 Å². The van der Waals surface area contributed by atoms with Crippen LogP contribution in [0, 0.1) is 0 Å². The van der Waals surface area contributed by atoms with Gasteiger partial charge in [0.1, 0.15) is 0 Å². The van der Waals surface area contributed by atoms with E-state index in [0.29, 0.717) is 17.0 Å². The van der Waals surface area contributed by atoms with E-state index in [1.54, 1.807) is 0 Å². The Hall–Kier alpha value is -1.59. The van der Waals surface area contributed by atoms with Crippen LogP contribution >= 0.6 is 11.6 Å². The largest absolute Gasteiger partial charge is 0.408 e. The van der Waals surface area contributed by atoms with E-state index in [1.165, 1.54) is 0 Å². The molecule has 1 aromatic carbocycles. The summed E-state index contributed by atoms with van der Waals surface area (Å²) in [7, 11) is 2.14. The van der Waals surface area contributed by atoms with Gasteiger partial charge < -0.3 is 14.6 Å². The van der Waals surface area contributed by atoms with E-state index in [-0.39, 0.29) is 0 Å². The van der Waals surface area contributed by atoms with Gasteiger partial charge in [0.25, 0.3) is 0 Å². The highest BCUT2D eigenvalue weighted by Crippen LogP contribution is 2.28. The number of halogens is 1. The molecule has 3 rings (SSSR count). The molecule has 20 heavy (non-hydrogen) atoms. The molecule has 0 saturated carbocycles. The smallest absolute Gasteiger partial charge is 0.320 e. The summed E-state index contributed by atoms with van der Waals surface area (Å²) < 4.78 is 5.71. The van der Waals surface area contributed by atoms with Gasteiger partial charge in [0.2, 0.25) is 5.89 Å². The number of nitrogens with one attached hydrogen (secondary N) is 1. The highest BCUT2D eigenvalue weighted by molar-refractivity contribution is 6.30. The third kappa shape index (κ3) is 3.11. The first-order valence-electron chi connectivity index (χ1n) is 6.75. The highest BCUT2D eigenvalue weighted by Gasteiger charge is 2.23. The van der Waals surface area contributed by atoms with E-state index >= 15 is 0 Å². The van der Waals surface area contributed by atoms with E-state index in [2.05, 4.69) is 27.5 Å². The molecule has 6 heteroatoms. The molecule has 0 atom stereocenters. The van der Waals surface area contributed by atoms with Gasteiger partial charge in [0.05, 0.1) is 0 Å². The summed E-state index contributed by atoms with van der Waals surface area (Å²) in [6.07, 6.45) is 2.14. The number of anilines is 2. The average Bonchev–Trinajstić information content (AvgIpc) is 2.91. The zero-order chi connectivity index (χ0) is 13.9. The van der Waals surface area contributed by atoms with Crippen LogP contribution in [0.4, 0.5) is 11.7 Å². The fourth-order valence-electron chi connectivity index (χ4n) is 2.36. The van der Waals surface area contributed by atoms with Gasteiger partial charge in [-0.2, -0.15) is 0 Å². The van der Waals surface area contributed by atoms with Crippen molar-refractivity contribution in [1.29, 1.82) is 0 Å². The number of benzene rings is 1. The van der Waals surface area contributed by atoms with Crippen molar-refractivity contribution in [3.63, 3.8) is 0 Å². The topological polar surface area (TPSA) is 54.2 Å². The molecule has 1 saturated heterocycles. The molecule has 0 bridgehead atoms. The van der Waals surface area contributed by atoms with Crippen LogP contribution in [0.5, 0.6) is 0 Å². The van der Waals surface area contributed by atoms with Crippen molar-refractivity contribution in [3.05, 3.63) is 35.2 Å². The summed E-state index contributed by atoms with van der Waals surface area (Å²) in [5.41, 5.74) is 0.882. The van der Waals surface area contributed by atoms with Crippen LogP contribution in [0.1, 0.15) is 24.7 Å². The number of hydrogen-bond acceptors (Lipinski definition) is 5. The van der Waals surface area contributed by atoms with Crippen molar-refractivity contribution in [2.24, 2.45) is 0 Å². The molecule has 0 spiro atoms. The minimum absolute atomic E-state index is 0.375. The minimum Gasteiger partial charge on any atom is -0.408 e. The number of likely N-dealkylation sites (tertiary alicyclic amines) is 1. The molecule has 2 heterocycles. The number of aromatic nitrogens is 2. The van der Waals surface area contributed by atoms with Crippen LogP contribution in [-0.2, 0) is 0 Å². The highest BCUT2D eigenvalue weighted by atomic mass is 35.5. The fourth-order valence-corrected chi connectivity index (χ4v) is 2.49. The summed E-state index contributed by atoms with van der Waals surface area (Å²) >= 11 is 5.85. The molecular formula is C14H17ClN4O. The molecule has 0 unspecified atom stereocenters. The van der Waals surface area contributed by atoms with Crippen LogP contribution in [0.15, 0.2) is 28.7 Å². The van der Waals surface area contributed by atoms with Gasteiger partial charge in [-0.15, -0.1) is 5.10 Å². The first-order valence-corrected chi connectivity index (χ1v) is 7.13. The maximum atomic E-state index is 5.85. The van der Waals surface area contributed by atoms with Gasteiger partial charge in [-0.25, -0.2) is 0 Å². The normalized spacial score (nSPS) is 17.3. The molecular weight excluding hydrogens is 276 g/mol. The average molecular weight is 293 g/mol. The van der Waals surface area contributed by atoms with Crippen molar-refractivity contribution in [2.75, 3.05) is 25.5 Å². The first kappa shape index (κ1) is 13.4. The molecule has 2 aromatic rings. The third-order valence-corrected chi connectivity index (χ3v) is 3.86. The summed E-state index contributed by atoms with van der Waals surface area (Å²) in [4.78, 5) is 2.32. The summed E-state index contributed by atoms with van der Waals surface area (Å²) in [6, 6.07) is 7.82. The lowest BCUT2D eigenvalue weighted by Crippen LogP contribution is -2.29. The lowest BCUT2D eigenvalue weighted by atomic mass is 9.97. The van der Waals surface area contributed by atoms with Crippen molar-refractivity contribution in [1.82, 2.24) is 15.1 Å². The predicted octanol–water partition coefficient (Wildman–Crippen LogP) is 3.28. The van der Waals surface area contributed by atoms with Crippen LogP contribution in [-0.4, -0.2) is 35.2 Å². The third-order valence-electron chi connectivity index (χ3n) is 3.60. The summed E-state index contributed by atoms with van der Waals surface area (Å²) in [5.74, 6) is 1.11. The van der Waals surface area contributed by atoms with Gasteiger partial charge in [-0.1, -0.05) is 16.7 Å². The second-order valence-electron chi connectivity index (χ2n) is 5.15. The van der Waals surface area contributed by atoms with E-state index in [0.717, 1.165) is 37.5 Å². The Kier molecular flexibility index (Phi) is 3.89. The Morgan fingerprint density at radius 3 is 2.60 bits per heavy atom. The predicted molar refractivity (Wildman–Crippen MR) is 78.5 cm³/mol. The molecule has 1 aliphatic rings. The standard InChI is InChI=1S/C14H17ClN4O/c1-19-8-6-10(7-9-19)13-17-18-14(20-13)16-12-4-2-11(15)3-5-12/h2-5,10H,6-9H2,1H3,(H,16,18). The second-order valence-corrected chi connectivity index (χ2v) is 5.59. The van der Waals surface area contributed by atoms with Gasteiger partial charge >= 0.3 is 6.01 Å². The Morgan fingerprint density at radius 2 is 1.90 bits per heavy atom. The van der Waals surface area contributed by atoms with Crippen molar-refractivity contribution >= 4 is 23.3 Å². The van der Waals surface area contributed by atoms with Crippen LogP contribution in [0.25, 0.3) is 0 Å². The Morgan fingerprint density at radius 1 is 1.20 bits per heavy atom. The summed E-state index contributed by atoms with van der Waals surface area (Å²) in [5, 5.41) is 12.0. The van der Waals surface area contributed by atoms with Crippen molar-refractivity contribution in [3.8, 4) is 0 Å². The number of rotatable bonds is 3. The number of nitrogens with zero attached hydrogens (tertiary/aromatic N) is 3. The maximum Gasteiger partial charge on any atom is 0.320 e. The molecule has 1 aliphatic heterocycles. The van der Waals surface area contributed by atoms with Gasteiger partial charge in [0, 0.05) is 16.6 Å². The molecule has 0 radical (unpaired) electrons. The van der Waals surface area contributed by atoms with E-state index in [1.807, 2.05) is 24.3 Å². The monoisotopic (exact) mass is 292 g/mol. The van der Waals surface area contributed by atoms with E-state index < -0.39 is 0 Å². The van der Waals surface area contributed by atoms with E-state index in [4.69, 9.17) is 16.0 Å². The van der Waals surface area contributed by atoms with Crippen molar-refractivity contribution in [2.45, 2.75) is 18.8 Å². The van der Waals surface area contributed by atoms with Gasteiger partial charge in [-0.05, 0) is 57.2 Å². The Bertz CT molecular complexity index is 561. The quantitative estimate of drug-likeness (QED) is 0.941. The van der Waals surface area contributed by atoms with Crippen LogP contribution in [0.2, 0.25) is 5.02 Å². The lowest BCUT2D eigenvalue weighted by Gasteiger charge is -2.26. The van der Waals surface area contributed by atoms with Crippen LogP contribution < -0.4 is 5.32 Å². The maximum absolute atomic E-state index is 5.85.